The zero-order valence-electron chi connectivity index (χ0n) is 14.5. The summed E-state index contributed by atoms with van der Waals surface area (Å²) in [5, 5.41) is 2.91. The molecule has 0 spiro atoms. The minimum Gasteiger partial charge on any atom is -0.352 e. The van der Waals surface area contributed by atoms with Crippen molar-refractivity contribution in [1.82, 2.24) is 10.0 Å². The van der Waals surface area contributed by atoms with Gasteiger partial charge in [0.25, 0.3) is 0 Å². The summed E-state index contributed by atoms with van der Waals surface area (Å²) in [5.74, 6) is 0.260. The predicted molar refractivity (Wildman–Crippen MR) is 95.2 cm³/mol. The molecule has 24 heavy (non-hydrogen) atoms. The molecular weight excluding hydrogens is 324 g/mol. The first-order valence-corrected chi connectivity index (χ1v) is 10.2. The van der Waals surface area contributed by atoms with Crippen molar-refractivity contribution in [3.8, 4) is 0 Å². The average molecular weight is 353 g/mol. The molecule has 0 saturated heterocycles. The van der Waals surface area contributed by atoms with E-state index in [0.717, 1.165) is 37.7 Å². The first-order valence-electron chi connectivity index (χ1n) is 8.75. The number of hydrogen-bond donors (Lipinski definition) is 2. The first kappa shape index (κ1) is 18.9. The van der Waals surface area contributed by atoms with E-state index in [1.807, 2.05) is 12.1 Å². The normalized spacial score (nSPS) is 16.3. The van der Waals surface area contributed by atoms with E-state index >= 15 is 0 Å². The van der Waals surface area contributed by atoms with Gasteiger partial charge < -0.3 is 5.32 Å². The summed E-state index contributed by atoms with van der Waals surface area (Å²) in [7, 11) is -3.65. The highest BCUT2D eigenvalue weighted by atomic mass is 32.2. The van der Waals surface area contributed by atoms with Crippen LogP contribution < -0.4 is 10.0 Å². The lowest BCUT2D eigenvalue weighted by Gasteiger charge is -2.22. The van der Waals surface area contributed by atoms with E-state index < -0.39 is 10.0 Å². The maximum Gasteiger partial charge on any atom is 0.241 e. The average Bonchev–Trinajstić information content (AvgIpc) is 2.54. The Morgan fingerprint density at radius 3 is 2.33 bits per heavy atom. The third-order valence-electron chi connectivity index (χ3n) is 4.27. The molecule has 0 atom stereocenters. The Morgan fingerprint density at radius 2 is 1.75 bits per heavy atom. The molecule has 0 heterocycles. The Kier molecular flexibility index (Phi) is 6.80. The molecule has 1 saturated carbocycles. The lowest BCUT2D eigenvalue weighted by atomic mass is 9.95. The van der Waals surface area contributed by atoms with Gasteiger partial charge in [-0.05, 0) is 42.9 Å². The van der Waals surface area contributed by atoms with Gasteiger partial charge in [0.2, 0.25) is 15.9 Å². The van der Waals surface area contributed by atoms with Crippen LogP contribution in [0.25, 0.3) is 0 Å². The molecule has 0 aliphatic heterocycles. The Balaban J connectivity index is 1.87. The largest absolute Gasteiger partial charge is 0.352 e. The zero-order valence-corrected chi connectivity index (χ0v) is 15.4. The summed E-state index contributed by atoms with van der Waals surface area (Å²) in [6.07, 6.45) is 6.34. The Morgan fingerprint density at radius 1 is 1.12 bits per heavy atom. The molecule has 0 radical (unpaired) electrons. The summed E-state index contributed by atoms with van der Waals surface area (Å²) in [5.41, 5.74) is 1.11. The van der Waals surface area contributed by atoms with Crippen LogP contribution in [0.2, 0.25) is 0 Å². The van der Waals surface area contributed by atoms with Crippen molar-refractivity contribution in [3.05, 3.63) is 29.8 Å². The number of amides is 1. The molecule has 0 unspecified atom stereocenters. The summed E-state index contributed by atoms with van der Waals surface area (Å²) in [6, 6.07) is 7.04. The summed E-state index contributed by atoms with van der Waals surface area (Å²) in [4.78, 5) is 12.1. The maximum absolute atomic E-state index is 12.3. The van der Waals surface area contributed by atoms with Gasteiger partial charge in [0.1, 0.15) is 0 Å². The van der Waals surface area contributed by atoms with E-state index in [4.69, 9.17) is 0 Å². The van der Waals surface area contributed by atoms with Crippen LogP contribution in [0, 0.1) is 5.92 Å². The van der Waals surface area contributed by atoms with Crippen LogP contribution >= 0.6 is 0 Å². The second-order valence-corrected chi connectivity index (χ2v) is 8.74. The number of hydrogen-bond acceptors (Lipinski definition) is 3. The van der Waals surface area contributed by atoms with Gasteiger partial charge in [0, 0.05) is 6.04 Å². The van der Waals surface area contributed by atoms with Crippen molar-refractivity contribution in [2.24, 2.45) is 5.92 Å². The fraction of sp³-hybridized carbons (Fsp3) is 0.611. The second-order valence-electron chi connectivity index (χ2n) is 6.97. The zero-order chi connectivity index (χ0) is 17.6. The van der Waals surface area contributed by atoms with Crippen LogP contribution in [0.1, 0.15) is 51.5 Å². The summed E-state index contributed by atoms with van der Waals surface area (Å²) >= 11 is 0. The monoisotopic (exact) mass is 352 g/mol. The molecule has 1 aliphatic rings. The van der Waals surface area contributed by atoms with Crippen molar-refractivity contribution >= 4 is 15.9 Å². The smallest absolute Gasteiger partial charge is 0.241 e. The molecule has 0 aromatic heterocycles. The molecule has 1 fully saturated rings. The Bertz CT molecular complexity index is 633. The molecule has 6 heteroatoms. The summed E-state index contributed by atoms with van der Waals surface area (Å²) < 4.78 is 26.9. The maximum atomic E-state index is 12.3. The van der Waals surface area contributed by atoms with Crippen molar-refractivity contribution in [1.29, 1.82) is 0 Å². The van der Waals surface area contributed by atoms with Gasteiger partial charge in [-0.2, -0.15) is 0 Å². The summed E-state index contributed by atoms with van der Waals surface area (Å²) in [6.45, 7) is 4.03. The van der Waals surface area contributed by atoms with E-state index in [-0.39, 0.29) is 23.4 Å². The molecule has 2 rings (SSSR count). The molecule has 0 bridgehead atoms. The highest BCUT2D eigenvalue weighted by Gasteiger charge is 2.18. The van der Waals surface area contributed by atoms with Crippen LogP contribution in [0.4, 0.5) is 0 Å². The van der Waals surface area contributed by atoms with E-state index in [9.17, 15) is 13.2 Å². The molecule has 1 amide bonds. The molecule has 1 aromatic rings. The molecule has 1 aromatic carbocycles. The van der Waals surface area contributed by atoms with Gasteiger partial charge in [-0.25, -0.2) is 13.1 Å². The number of carbonyl (C=O) groups is 1. The lowest BCUT2D eigenvalue weighted by Crippen LogP contribution is -2.42. The topological polar surface area (TPSA) is 75.3 Å². The fourth-order valence-electron chi connectivity index (χ4n) is 3.05. The van der Waals surface area contributed by atoms with Gasteiger partial charge in [-0.15, -0.1) is 0 Å². The Labute approximate surface area is 145 Å². The molecule has 5 nitrogen and oxygen atoms in total. The van der Waals surface area contributed by atoms with Crippen molar-refractivity contribution < 1.29 is 13.2 Å². The highest BCUT2D eigenvalue weighted by Crippen LogP contribution is 2.17. The number of benzene rings is 1. The first-order chi connectivity index (χ1) is 11.4. The van der Waals surface area contributed by atoms with Crippen molar-refractivity contribution in [3.63, 3.8) is 0 Å². The van der Waals surface area contributed by atoms with E-state index in [2.05, 4.69) is 23.9 Å². The van der Waals surface area contributed by atoms with Gasteiger partial charge in [-0.3, -0.25) is 4.79 Å². The van der Waals surface area contributed by atoms with Crippen LogP contribution in [-0.4, -0.2) is 26.9 Å². The van der Waals surface area contributed by atoms with Gasteiger partial charge in [0.05, 0.1) is 11.4 Å². The number of rotatable bonds is 7. The lowest BCUT2D eigenvalue weighted by molar-refractivity contribution is -0.120. The molecular formula is C18H28N2O3S. The fourth-order valence-corrected chi connectivity index (χ4v) is 4.03. The SMILES string of the molecule is CC(C)Cc1ccc(S(=O)(=O)NCC(=O)NC2CCCCC2)cc1. The van der Waals surface area contributed by atoms with E-state index in [0.29, 0.717) is 5.92 Å². The number of carbonyl (C=O) groups excluding carboxylic acids is 1. The molecule has 1 aliphatic carbocycles. The molecule has 134 valence electrons. The van der Waals surface area contributed by atoms with Crippen molar-refractivity contribution in [2.45, 2.75) is 63.3 Å². The van der Waals surface area contributed by atoms with Gasteiger partial charge >= 0.3 is 0 Å². The number of nitrogens with one attached hydrogen (secondary N) is 2. The van der Waals surface area contributed by atoms with Crippen LogP contribution in [0.5, 0.6) is 0 Å². The van der Waals surface area contributed by atoms with Crippen molar-refractivity contribution in [2.75, 3.05) is 6.54 Å². The third kappa shape index (κ3) is 5.91. The van der Waals surface area contributed by atoms with Crippen LogP contribution in [0.3, 0.4) is 0 Å². The second kappa shape index (κ2) is 8.62. The molecule has 2 N–H and O–H groups in total. The third-order valence-corrected chi connectivity index (χ3v) is 5.69. The van der Waals surface area contributed by atoms with E-state index in [1.54, 1.807) is 12.1 Å². The minimum absolute atomic E-state index is 0.186. The number of sulfonamides is 1. The standard InChI is InChI=1S/C18H28N2O3S/c1-14(2)12-15-8-10-17(11-9-15)24(22,23)19-13-18(21)20-16-6-4-3-5-7-16/h8-11,14,16,19H,3-7,12-13H2,1-2H3,(H,20,21). The van der Waals surface area contributed by atoms with Crippen LogP contribution in [0.15, 0.2) is 29.2 Å². The predicted octanol–water partition coefficient (Wildman–Crippen LogP) is 2.61. The Hall–Kier alpha value is -1.40. The minimum atomic E-state index is -3.65. The van der Waals surface area contributed by atoms with E-state index in [1.165, 1.54) is 6.42 Å². The van der Waals surface area contributed by atoms with Gasteiger partial charge in [-0.1, -0.05) is 45.2 Å². The quantitative estimate of drug-likeness (QED) is 0.792. The van der Waals surface area contributed by atoms with Crippen LogP contribution in [-0.2, 0) is 21.2 Å². The van der Waals surface area contributed by atoms with Gasteiger partial charge in [0.15, 0.2) is 0 Å². The highest BCUT2D eigenvalue weighted by molar-refractivity contribution is 7.89.